The molecule has 2 aromatic rings. The fourth-order valence-corrected chi connectivity index (χ4v) is 5.46. The number of hydrogen-bond donors (Lipinski definition) is 3. The molecule has 1 heterocycles. The normalized spacial score (nSPS) is 14.4. The van der Waals surface area contributed by atoms with Gasteiger partial charge < -0.3 is 29.8 Å². The number of nitrogens with one attached hydrogen (secondary N) is 3. The standard InChI is InChI=1S/C35H47N3O9/c1-3-5-8-17-26-18-19-27(35(44)47-26)32(41)37-28(20-24-13-9-6-10-14-24)33(42)38-29(23-45-22-25-15-11-7-12-16-25)31(40)34(43)36-21-30(39)46-4-2/h7,11-12,15-16,18-19,24,28-29H,3-6,8-10,13-14,17,20-23H2,1-2H3,(H,36,43)(H,37,41)(H,38,42)/t28-,29?/m1/s1. The molecule has 0 saturated heterocycles. The SMILES string of the molecule is CCCCCc1ccc(C(=O)N[C@H](CC2CCCCC2)C(=O)NC(COCc2ccccc2)C(=O)C(=O)NCC(=O)OCC)c(=O)o1. The summed E-state index contributed by atoms with van der Waals surface area (Å²) in [6.45, 7) is 3.02. The second-order valence-corrected chi connectivity index (χ2v) is 11.7. The molecule has 1 unspecified atom stereocenters. The number of hydrogen-bond acceptors (Lipinski definition) is 9. The van der Waals surface area contributed by atoms with Crippen LogP contribution < -0.4 is 21.6 Å². The van der Waals surface area contributed by atoms with Crippen LogP contribution in [0.3, 0.4) is 0 Å². The van der Waals surface area contributed by atoms with E-state index in [-0.39, 0.29) is 37.7 Å². The van der Waals surface area contributed by atoms with Crippen molar-refractivity contribution in [3.63, 3.8) is 0 Å². The number of carbonyl (C=O) groups is 5. The van der Waals surface area contributed by atoms with E-state index < -0.39 is 53.7 Å². The molecule has 12 heteroatoms. The maximum absolute atomic E-state index is 13.8. The first kappa shape index (κ1) is 37.1. The lowest BCUT2D eigenvalue weighted by Gasteiger charge is -2.28. The van der Waals surface area contributed by atoms with Crippen molar-refractivity contribution in [2.45, 2.75) is 96.7 Å². The fourth-order valence-electron chi connectivity index (χ4n) is 5.46. The summed E-state index contributed by atoms with van der Waals surface area (Å²) in [5.74, 6) is -3.71. The van der Waals surface area contributed by atoms with E-state index in [1.165, 1.54) is 6.07 Å². The molecule has 1 aliphatic rings. The molecule has 3 N–H and O–H groups in total. The summed E-state index contributed by atoms with van der Waals surface area (Å²) in [5.41, 5.74) is -0.216. The molecule has 47 heavy (non-hydrogen) atoms. The Morgan fingerprint density at radius 1 is 0.915 bits per heavy atom. The molecular formula is C35H47N3O9. The first-order valence-electron chi connectivity index (χ1n) is 16.5. The van der Waals surface area contributed by atoms with Crippen LogP contribution in [0.1, 0.15) is 93.3 Å². The summed E-state index contributed by atoms with van der Waals surface area (Å²) in [6, 6.07) is 9.60. The maximum atomic E-state index is 13.8. The molecule has 1 saturated carbocycles. The van der Waals surface area contributed by atoms with Crippen molar-refractivity contribution >= 4 is 29.5 Å². The van der Waals surface area contributed by atoms with Crippen molar-refractivity contribution in [1.82, 2.24) is 16.0 Å². The molecule has 3 amide bonds. The third-order valence-electron chi connectivity index (χ3n) is 8.02. The predicted octanol–water partition coefficient (Wildman–Crippen LogP) is 3.39. The van der Waals surface area contributed by atoms with E-state index >= 15 is 0 Å². The fraction of sp³-hybridized carbons (Fsp3) is 0.543. The van der Waals surface area contributed by atoms with Crippen LogP contribution in [-0.4, -0.2) is 61.3 Å². The minimum Gasteiger partial charge on any atom is -0.465 e. The van der Waals surface area contributed by atoms with Gasteiger partial charge in [0.25, 0.3) is 11.8 Å². The van der Waals surface area contributed by atoms with E-state index in [0.717, 1.165) is 56.9 Å². The van der Waals surface area contributed by atoms with Gasteiger partial charge in [-0.3, -0.25) is 24.0 Å². The maximum Gasteiger partial charge on any atom is 0.348 e. The van der Waals surface area contributed by atoms with E-state index in [2.05, 4.69) is 22.9 Å². The number of amides is 3. The van der Waals surface area contributed by atoms with Gasteiger partial charge in [0.15, 0.2) is 0 Å². The molecule has 0 radical (unpaired) electrons. The molecule has 2 atom stereocenters. The molecule has 3 rings (SSSR count). The lowest BCUT2D eigenvalue weighted by Crippen LogP contribution is -2.56. The van der Waals surface area contributed by atoms with Crippen LogP contribution in [0.2, 0.25) is 0 Å². The highest BCUT2D eigenvalue weighted by Gasteiger charge is 2.33. The number of benzene rings is 1. The van der Waals surface area contributed by atoms with E-state index in [9.17, 15) is 28.8 Å². The van der Waals surface area contributed by atoms with E-state index in [1.54, 1.807) is 13.0 Å². The number of Topliss-reactive ketones (excluding diaryl/α,β-unsaturated/α-hetero) is 1. The minimum absolute atomic E-state index is 0.105. The second-order valence-electron chi connectivity index (χ2n) is 11.7. The number of ether oxygens (including phenoxy) is 2. The van der Waals surface area contributed by atoms with Crippen molar-refractivity contribution < 1.29 is 37.9 Å². The summed E-state index contributed by atoms with van der Waals surface area (Å²) in [5, 5.41) is 7.49. The number of carbonyl (C=O) groups excluding carboxylic acids is 5. The highest BCUT2D eigenvalue weighted by molar-refractivity contribution is 6.38. The Morgan fingerprint density at radius 3 is 2.34 bits per heavy atom. The average Bonchev–Trinajstić information content (AvgIpc) is 3.07. The van der Waals surface area contributed by atoms with Crippen LogP contribution in [0, 0.1) is 5.92 Å². The molecule has 0 bridgehead atoms. The summed E-state index contributed by atoms with van der Waals surface area (Å²) in [4.78, 5) is 77.4. The van der Waals surface area contributed by atoms with Gasteiger partial charge in [0.2, 0.25) is 11.7 Å². The van der Waals surface area contributed by atoms with Gasteiger partial charge in [-0.2, -0.15) is 0 Å². The van der Waals surface area contributed by atoms with Crippen LogP contribution in [0.15, 0.2) is 51.7 Å². The lowest BCUT2D eigenvalue weighted by molar-refractivity contribution is -0.146. The molecule has 1 fully saturated rings. The molecule has 0 aliphatic heterocycles. The van der Waals surface area contributed by atoms with E-state index in [0.29, 0.717) is 12.2 Å². The third kappa shape index (κ3) is 12.8. The van der Waals surface area contributed by atoms with Crippen molar-refractivity contribution in [2.24, 2.45) is 5.92 Å². The van der Waals surface area contributed by atoms with Crippen molar-refractivity contribution in [2.75, 3.05) is 19.8 Å². The Bertz CT molecular complexity index is 1390. The Morgan fingerprint density at radius 2 is 1.66 bits per heavy atom. The van der Waals surface area contributed by atoms with Gasteiger partial charge in [-0.05, 0) is 43.4 Å². The van der Waals surface area contributed by atoms with Crippen LogP contribution in [0.4, 0.5) is 0 Å². The van der Waals surface area contributed by atoms with Gasteiger partial charge >= 0.3 is 11.6 Å². The van der Waals surface area contributed by atoms with E-state index in [1.807, 2.05) is 30.3 Å². The number of rotatable bonds is 19. The molecule has 1 aliphatic carbocycles. The average molecular weight is 654 g/mol. The molecule has 1 aromatic carbocycles. The largest absolute Gasteiger partial charge is 0.465 e. The minimum atomic E-state index is -1.42. The second kappa shape index (κ2) is 20.0. The molecular weight excluding hydrogens is 606 g/mol. The summed E-state index contributed by atoms with van der Waals surface area (Å²) < 4.78 is 15.9. The van der Waals surface area contributed by atoms with Gasteiger partial charge in [-0.1, -0.05) is 82.2 Å². The Kier molecular flexibility index (Phi) is 15.8. The molecule has 1 aromatic heterocycles. The van der Waals surface area contributed by atoms with Crippen LogP contribution in [0.25, 0.3) is 0 Å². The first-order chi connectivity index (χ1) is 22.7. The summed E-state index contributed by atoms with van der Waals surface area (Å²) >= 11 is 0. The Balaban J connectivity index is 1.77. The molecule has 12 nitrogen and oxygen atoms in total. The number of esters is 1. The third-order valence-corrected chi connectivity index (χ3v) is 8.02. The summed E-state index contributed by atoms with van der Waals surface area (Å²) in [6.07, 6.45) is 8.50. The Labute approximate surface area is 275 Å². The molecule has 0 spiro atoms. The highest BCUT2D eigenvalue weighted by atomic mass is 16.5. The first-order valence-corrected chi connectivity index (χ1v) is 16.5. The lowest BCUT2D eigenvalue weighted by atomic mass is 9.84. The van der Waals surface area contributed by atoms with Crippen molar-refractivity contribution in [3.8, 4) is 0 Å². The van der Waals surface area contributed by atoms with E-state index in [4.69, 9.17) is 13.9 Å². The van der Waals surface area contributed by atoms with Gasteiger partial charge in [-0.25, -0.2) is 4.79 Å². The van der Waals surface area contributed by atoms with Crippen LogP contribution in [-0.2, 0) is 41.7 Å². The number of unbranched alkanes of at least 4 members (excludes halogenated alkanes) is 2. The number of aryl methyl sites for hydroxylation is 1. The van der Waals surface area contributed by atoms with Gasteiger partial charge in [-0.15, -0.1) is 0 Å². The monoisotopic (exact) mass is 653 g/mol. The van der Waals surface area contributed by atoms with Crippen molar-refractivity contribution in [3.05, 3.63) is 69.8 Å². The van der Waals surface area contributed by atoms with Crippen molar-refractivity contribution in [1.29, 1.82) is 0 Å². The topological polar surface area (TPSA) is 170 Å². The zero-order chi connectivity index (χ0) is 34.0. The smallest absolute Gasteiger partial charge is 0.348 e. The predicted molar refractivity (Wildman–Crippen MR) is 173 cm³/mol. The zero-order valence-electron chi connectivity index (χ0n) is 27.3. The van der Waals surface area contributed by atoms with Crippen LogP contribution in [0.5, 0.6) is 0 Å². The Hall–Kier alpha value is -4.32. The molecule has 256 valence electrons. The van der Waals surface area contributed by atoms with Crippen LogP contribution >= 0.6 is 0 Å². The highest BCUT2D eigenvalue weighted by Crippen LogP contribution is 2.27. The zero-order valence-corrected chi connectivity index (χ0v) is 27.3. The summed E-state index contributed by atoms with van der Waals surface area (Å²) in [7, 11) is 0. The van der Waals surface area contributed by atoms with Gasteiger partial charge in [0.05, 0.1) is 19.8 Å². The van der Waals surface area contributed by atoms with Gasteiger partial charge in [0, 0.05) is 6.42 Å². The van der Waals surface area contributed by atoms with Gasteiger partial charge in [0.1, 0.15) is 30.0 Å². The quantitative estimate of drug-likeness (QED) is 0.117. The number of ketones is 1.